The lowest BCUT2D eigenvalue weighted by Crippen LogP contribution is -2.23. The quantitative estimate of drug-likeness (QED) is 0.554. The zero-order valence-corrected chi connectivity index (χ0v) is 5.96. The summed E-state index contributed by atoms with van der Waals surface area (Å²) in [6.07, 6.45) is 2.00. The molecule has 3 heteroatoms. The maximum atomic E-state index is 4.10. The van der Waals surface area contributed by atoms with Gasteiger partial charge >= 0.3 is 0 Å². The van der Waals surface area contributed by atoms with Crippen LogP contribution < -0.4 is 5.32 Å². The van der Waals surface area contributed by atoms with Gasteiger partial charge in [-0.2, -0.15) is 5.10 Å². The van der Waals surface area contributed by atoms with Crippen molar-refractivity contribution >= 4 is 6.21 Å². The van der Waals surface area contributed by atoms with Gasteiger partial charge in [0.2, 0.25) is 0 Å². The predicted octanol–water partition coefficient (Wildman–Crippen LogP) is -0.247. The molecule has 0 amide bonds. The van der Waals surface area contributed by atoms with E-state index >= 15 is 0 Å². The fourth-order valence-corrected chi connectivity index (χ4v) is 1.02. The summed E-state index contributed by atoms with van der Waals surface area (Å²) in [6.45, 7) is 2.09. The topological polar surface area (TPSA) is 27.6 Å². The van der Waals surface area contributed by atoms with Crippen molar-refractivity contribution in [2.45, 2.75) is 0 Å². The Hall–Kier alpha value is -0.570. The van der Waals surface area contributed by atoms with Crippen LogP contribution >= 0.6 is 0 Å². The molecule has 9 heavy (non-hydrogen) atoms. The second-order valence-electron chi connectivity index (χ2n) is 2.42. The summed E-state index contributed by atoms with van der Waals surface area (Å²) in [5, 5.41) is 9.18. The lowest BCUT2D eigenvalue weighted by Gasteiger charge is -2.08. The molecule has 0 aromatic rings. The molecule has 1 N–H and O–H groups in total. The highest BCUT2D eigenvalue weighted by Crippen LogP contribution is 2.02. The maximum Gasteiger partial charge on any atom is 0.0447 e. The largest absolute Gasteiger partial charge is 0.319 e. The normalized spacial score (nSPS) is 25.6. The van der Waals surface area contributed by atoms with E-state index < -0.39 is 0 Å². The number of nitrogens with zero attached hydrogens (tertiary/aromatic N) is 2. The molecule has 0 spiro atoms. The third kappa shape index (κ3) is 1.68. The van der Waals surface area contributed by atoms with Gasteiger partial charge in [-0.15, -0.1) is 0 Å². The highest BCUT2D eigenvalue weighted by atomic mass is 15.4. The minimum absolute atomic E-state index is 0.611. The molecule has 1 unspecified atom stereocenters. The molecule has 1 rings (SSSR count). The van der Waals surface area contributed by atoms with Crippen molar-refractivity contribution in [3.05, 3.63) is 0 Å². The van der Waals surface area contributed by atoms with Crippen LogP contribution in [0.15, 0.2) is 5.10 Å². The molecule has 0 saturated carbocycles. The third-order valence-electron chi connectivity index (χ3n) is 1.44. The van der Waals surface area contributed by atoms with E-state index in [1.54, 1.807) is 0 Å². The van der Waals surface area contributed by atoms with Gasteiger partial charge in [0.05, 0.1) is 0 Å². The first-order chi connectivity index (χ1) is 4.33. The molecule has 1 heterocycles. The van der Waals surface area contributed by atoms with Crippen molar-refractivity contribution < 1.29 is 0 Å². The summed E-state index contributed by atoms with van der Waals surface area (Å²) in [5.41, 5.74) is 0. The van der Waals surface area contributed by atoms with Crippen LogP contribution in [0.4, 0.5) is 0 Å². The molecule has 0 fully saturated rings. The first-order valence-electron chi connectivity index (χ1n) is 3.23. The Balaban J connectivity index is 2.24. The van der Waals surface area contributed by atoms with Crippen LogP contribution in [0.1, 0.15) is 0 Å². The van der Waals surface area contributed by atoms with Gasteiger partial charge in [-0.1, -0.05) is 0 Å². The Morgan fingerprint density at radius 1 is 1.89 bits per heavy atom. The van der Waals surface area contributed by atoms with E-state index in [9.17, 15) is 0 Å². The SMILES string of the molecule is CNCC1C=NN(C)C1. The summed E-state index contributed by atoms with van der Waals surface area (Å²) >= 11 is 0. The number of nitrogens with one attached hydrogen (secondary N) is 1. The first-order valence-corrected chi connectivity index (χ1v) is 3.23. The summed E-state index contributed by atoms with van der Waals surface area (Å²) in [7, 11) is 3.96. The van der Waals surface area contributed by atoms with Crippen molar-refractivity contribution in [2.75, 3.05) is 27.2 Å². The summed E-state index contributed by atoms with van der Waals surface area (Å²) < 4.78 is 0. The van der Waals surface area contributed by atoms with Gasteiger partial charge in [0.1, 0.15) is 0 Å². The van der Waals surface area contributed by atoms with Gasteiger partial charge in [0.15, 0.2) is 0 Å². The molecule has 52 valence electrons. The molecular formula is C6H13N3. The summed E-state index contributed by atoms with van der Waals surface area (Å²) in [6, 6.07) is 0. The highest BCUT2D eigenvalue weighted by molar-refractivity contribution is 5.62. The van der Waals surface area contributed by atoms with Crippen LogP contribution in [0.25, 0.3) is 0 Å². The third-order valence-corrected chi connectivity index (χ3v) is 1.44. The van der Waals surface area contributed by atoms with Crippen LogP contribution in [-0.4, -0.2) is 38.4 Å². The minimum Gasteiger partial charge on any atom is -0.319 e. The molecule has 0 aliphatic carbocycles. The van der Waals surface area contributed by atoms with E-state index in [1.165, 1.54) is 0 Å². The van der Waals surface area contributed by atoms with Crippen molar-refractivity contribution in [2.24, 2.45) is 11.0 Å². The van der Waals surface area contributed by atoms with Crippen LogP contribution in [0.3, 0.4) is 0 Å². The Morgan fingerprint density at radius 2 is 2.67 bits per heavy atom. The zero-order chi connectivity index (χ0) is 6.69. The van der Waals surface area contributed by atoms with E-state index in [1.807, 2.05) is 25.3 Å². The standard InChI is InChI=1S/C6H13N3/c1-7-3-6-4-8-9(2)5-6/h4,6-7H,3,5H2,1-2H3. The highest BCUT2D eigenvalue weighted by Gasteiger charge is 2.12. The van der Waals surface area contributed by atoms with Gasteiger partial charge in [-0.05, 0) is 7.05 Å². The monoisotopic (exact) mass is 127 g/mol. The molecule has 3 nitrogen and oxygen atoms in total. The van der Waals surface area contributed by atoms with Gasteiger partial charge in [0, 0.05) is 32.3 Å². The van der Waals surface area contributed by atoms with Gasteiger partial charge < -0.3 is 5.32 Å². The van der Waals surface area contributed by atoms with Gasteiger partial charge in [-0.25, -0.2) is 0 Å². The van der Waals surface area contributed by atoms with Gasteiger partial charge in [0.25, 0.3) is 0 Å². The zero-order valence-electron chi connectivity index (χ0n) is 5.96. The maximum absolute atomic E-state index is 4.10. The minimum atomic E-state index is 0.611. The van der Waals surface area contributed by atoms with Crippen molar-refractivity contribution in [3.63, 3.8) is 0 Å². The molecule has 0 aromatic carbocycles. The lowest BCUT2D eigenvalue weighted by molar-refractivity contribution is 0.358. The van der Waals surface area contributed by atoms with Crippen LogP contribution in [-0.2, 0) is 0 Å². The summed E-state index contributed by atoms with van der Waals surface area (Å²) in [5.74, 6) is 0.611. The molecule has 1 atom stereocenters. The molecule has 1 aliphatic rings. The van der Waals surface area contributed by atoms with Crippen molar-refractivity contribution in [3.8, 4) is 0 Å². The molecule has 0 bridgehead atoms. The van der Waals surface area contributed by atoms with E-state index in [4.69, 9.17) is 0 Å². The smallest absolute Gasteiger partial charge is 0.0447 e. The fraction of sp³-hybridized carbons (Fsp3) is 0.833. The fourth-order valence-electron chi connectivity index (χ4n) is 1.02. The Labute approximate surface area is 55.7 Å². The van der Waals surface area contributed by atoms with Crippen LogP contribution in [0.2, 0.25) is 0 Å². The second-order valence-corrected chi connectivity index (χ2v) is 2.42. The number of hydrogen-bond acceptors (Lipinski definition) is 3. The number of hydrazone groups is 1. The van der Waals surface area contributed by atoms with Crippen LogP contribution in [0.5, 0.6) is 0 Å². The number of hydrogen-bond donors (Lipinski definition) is 1. The van der Waals surface area contributed by atoms with Crippen LogP contribution in [0, 0.1) is 5.92 Å². The average molecular weight is 127 g/mol. The lowest BCUT2D eigenvalue weighted by atomic mass is 10.2. The second kappa shape index (κ2) is 2.82. The molecule has 1 aliphatic heterocycles. The first kappa shape index (κ1) is 6.55. The molecule has 0 aromatic heterocycles. The van der Waals surface area contributed by atoms with E-state index in [0.29, 0.717) is 5.92 Å². The molecule has 0 saturated heterocycles. The van der Waals surface area contributed by atoms with E-state index in [-0.39, 0.29) is 0 Å². The van der Waals surface area contributed by atoms with Crippen molar-refractivity contribution in [1.82, 2.24) is 10.3 Å². The molecule has 0 radical (unpaired) electrons. The predicted molar refractivity (Wildman–Crippen MR) is 38.5 cm³/mol. The number of rotatable bonds is 2. The Bertz CT molecular complexity index is 111. The van der Waals surface area contributed by atoms with E-state index in [0.717, 1.165) is 13.1 Å². The van der Waals surface area contributed by atoms with E-state index in [2.05, 4.69) is 10.4 Å². The average Bonchev–Trinajstić information content (AvgIpc) is 2.17. The summed E-state index contributed by atoms with van der Waals surface area (Å²) in [4.78, 5) is 0. The Morgan fingerprint density at radius 3 is 3.11 bits per heavy atom. The van der Waals surface area contributed by atoms with Crippen molar-refractivity contribution in [1.29, 1.82) is 0 Å². The Kier molecular flexibility index (Phi) is 2.05. The van der Waals surface area contributed by atoms with Gasteiger partial charge in [-0.3, -0.25) is 5.01 Å². The molecular weight excluding hydrogens is 114 g/mol.